The van der Waals surface area contributed by atoms with E-state index in [1.54, 1.807) is 12.3 Å². The molecule has 3 rings (SSSR count). The van der Waals surface area contributed by atoms with Crippen molar-refractivity contribution in [2.24, 2.45) is 11.5 Å². The van der Waals surface area contributed by atoms with Crippen LogP contribution in [0.3, 0.4) is 0 Å². The van der Waals surface area contributed by atoms with Crippen molar-refractivity contribution in [2.45, 2.75) is 56.3 Å². The number of nitrogens with zero attached hydrogens (tertiary/aromatic N) is 1. The summed E-state index contributed by atoms with van der Waals surface area (Å²) in [5.74, 6) is -5.92. The number of carbonyl (C=O) groups is 6. The minimum absolute atomic E-state index is 0.0380. The first-order valence-electron chi connectivity index (χ1n) is 11.9. The van der Waals surface area contributed by atoms with Crippen LogP contribution in [0.25, 0.3) is 10.9 Å². The van der Waals surface area contributed by atoms with Gasteiger partial charge in [-0.05, 0) is 24.5 Å². The van der Waals surface area contributed by atoms with Gasteiger partial charge in [-0.15, -0.1) is 0 Å². The Balaban J connectivity index is 1.83. The summed E-state index contributed by atoms with van der Waals surface area (Å²) in [6.07, 6.45) is 1.09. The Hall–Kier alpha value is -4.46. The van der Waals surface area contributed by atoms with Gasteiger partial charge in [0.15, 0.2) is 0 Å². The highest BCUT2D eigenvalue weighted by Gasteiger charge is 2.38. The van der Waals surface area contributed by atoms with Gasteiger partial charge in [-0.2, -0.15) is 0 Å². The molecule has 2 aromatic rings. The molecule has 4 amide bonds. The molecular weight excluding hydrogens is 500 g/mol. The molecular formula is C24H30N6O8. The first kappa shape index (κ1) is 28.1. The fourth-order valence-corrected chi connectivity index (χ4v) is 4.46. The lowest BCUT2D eigenvalue weighted by molar-refractivity contribution is -0.145. The van der Waals surface area contributed by atoms with Gasteiger partial charge in [0, 0.05) is 30.1 Å². The number of fused-ring (bicyclic) bond motifs is 1. The largest absolute Gasteiger partial charge is 0.481 e. The van der Waals surface area contributed by atoms with E-state index in [-0.39, 0.29) is 19.4 Å². The lowest BCUT2D eigenvalue weighted by Crippen LogP contribution is -2.57. The van der Waals surface area contributed by atoms with Gasteiger partial charge in [0.1, 0.15) is 18.1 Å². The van der Waals surface area contributed by atoms with Crippen molar-refractivity contribution in [1.29, 1.82) is 0 Å². The third-order valence-electron chi connectivity index (χ3n) is 6.30. The average Bonchev–Trinajstić information content (AvgIpc) is 3.49. The van der Waals surface area contributed by atoms with E-state index >= 15 is 0 Å². The third kappa shape index (κ3) is 6.85. The molecule has 0 aliphatic carbocycles. The molecule has 14 heteroatoms. The van der Waals surface area contributed by atoms with Crippen LogP contribution >= 0.6 is 0 Å². The maximum Gasteiger partial charge on any atom is 0.326 e. The molecule has 1 aromatic carbocycles. The number of nitrogens with two attached hydrogens (primary N) is 2. The van der Waals surface area contributed by atoms with E-state index in [1.807, 2.05) is 18.2 Å². The van der Waals surface area contributed by atoms with E-state index in [1.165, 1.54) is 4.90 Å². The van der Waals surface area contributed by atoms with Gasteiger partial charge in [0.2, 0.25) is 23.6 Å². The van der Waals surface area contributed by atoms with Crippen LogP contribution in [0.5, 0.6) is 0 Å². The molecule has 1 saturated heterocycles. The number of rotatable bonds is 12. The number of aromatic amines is 1. The number of carbonyl (C=O) groups excluding carboxylic acids is 4. The number of aliphatic carboxylic acids is 2. The Kier molecular flexibility index (Phi) is 9.02. The minimum atomic E-state index is -1.61. The van der Waals surface area contributed by atoms with Gasteiger partial charge in [-0.3, -0.25) is 24.0 Å². The van der Waals surface area contributed by atoms with Crippen molar-refractivity contribution in [2.75, 3.05) is 6.54 Å². The number of aromatic nitrogens is 1. The summed E-state index contributed by atoms with van der Waals surface area (Å²) in [4.78, 5) is 77.2. The van der Waals surface area contributed by atoms with Crippen molar-refractivity contribution < 1.29 is 39.0 Å². The number of hydrogen-bond donors (Lipinski definition) is 7. The second-order valence-corrected chi connectivity index (χ2v) is 9.09. The molecule has 1 aromatic heterocycles. The van der Waals surface area contributed by atoms with E-state index in [0.29, 0.717) is 12.0 Å². The van der Waals surface area contributed by atoms with Crippen LogP contribution in [0, 0.1) is 0 Å². The quantitative estimate of drug-likeness (QED) is 0.167. The van der Waals surface area contributed by atoms with Crippen molar-refractivity contribution in [3.63, 3.8) is 0 Å². The second kappa shape index (κ2) is 12.2. The molecule has 9 N–H and O–H groups in total. The summed E-state index contributed by atoms with van der Waals surface area (Å²) in [6.45, 7) is 0.184. The van der Waals surface area contributed by atoms with E-state index in [4.69, 9.17) is 16.6 Å². The summed E-state index contributed by atoms with van der Waals surface area (Å²) < 4.78 is 0. The average molecular weight is 531 g/mol. The zero-order valence-corrected chi connectivity index (χ0v) is 20.4. The van der Waals surface area contributed by atoms with Gasteiger partial charge >= 0.3 is 11.9 Å². The molecule has 204 valence electrons. The van der Waals surface area contributed by atoms with Crippen LogP contribution in [0.15, 0.2) is 30.5 Å². The van der Waals surface area contributed by atoms with Crippen LogP contribution in [-0.4, -0.2) is 86.4 Å². The molecule has 4 atom stereocenters. The fourth-order valence-electron chi connectivity index (χ4n) is 4.46. The summed E-state index contributed by atoms with van der Waals surface area (Å²) in [5.41, 5.74) is 12.3. The highest BCUT2D eigenvalue weighted by molar-refractivity contribution is 5.96. The van der Waals surface area contributed by atoms with Crippen molar-refractivity contribution in [3.05, 3.63) is 36.0 Å². The summed E-state index contributed by atoms with van der Waals surface area (Å²) in [6, 6.07) is 2.02. The molecule has 2 heterocycles. The molecule has 4 unspecified atom stereocenters. The SMILES string of the molecule is NC(=O)CC(NC(=O)C(Cc1c[nH]c2ccccc12)NC(=O)C1CCCN1C(=O)C(N)CC(=O)O)C(=O)O. The summed E-state index contributed by atoms with van der Waals surface area (Å²) in [5, 5.41) is 24.0. The molecule has 0 spiro atoms. The lowest BCUT2D eigenvalue weighted by Gasteiger charge is -2.28. The fraction of sp³-hybridized carbons (Fsp3) is 0.417. The first-order chi connectivity index (χ1) is 18.0. The van der Waals surface area contributed by atoms with Crippen molar-refractivity contribution >= 4 is 46.5 Å². The van der Waals surface area contributed by atoms with Gasteiger partial charge in [-0.25, -0.2) is 4.79 Å². The van der Waals surface area contributed by atoms with Gasteiger partial charge in [-0.1, -0.05) is 18.2 Å². The smallest absolute Gasteiger partial charge is 0.326 e. The Bertz CT molecular complexity index is 1240. The molecule has 14 nitrogen and oxygen atoms in total. The number of hydrogen-bond acceptors (Lipinski definition) is 7. The molecule has 0 radical (unpaired) electrons. The predicted molar refractivity (Wildman–Crippen MR) is 132 cm³/mol. The van der Waals surface area contributed by atoms with E-state index in [9.17, 15) is 33.9 Å². The number of primary amides is 1. The molecule has 38 heavy (non-hydrogen) atoms. The molecule has 1 aliphatic heterocycles. The Morgan fingerprint density at radius 3 is 2.42 bits per heavy atom. The van der Waals surface area contributed by atoms with Crippen LogP contribution < -0.4 is 22.1 Å². The zero-order valence-electron chi connectivity index (χ0n) is 20.4. The van der Waals surface area contributed by atoms with Gasteiger partial charge in [0.05, 0.1) is 18.9 Å². The maximum atomic E-state index is 13.3. The highest BCUT2D eigenvalue weighted by atomic mass is 16.4. The number of benzene rings is 1. The van der Waals surface area contributed by atoms with Gasteiger partial charge in [0.25, 0.3) is 0 Å². The third-order valence-corrected chi connectivity index (χ3v) is 6.30. The molecule has 0 saturated carbocycles. The van der Waals surface area contributed by atoms with Crippen molar-refractivity contribution in [1.82, 2.24) is 20.5 Å². The minimum Gasteiger partial charge on any atom is -0.481 e. The maximum absolute atomic E-state index is 13.3. The monoisotopic (exact) mass is 530 g/mol. The molecule has 1 fully saturated rings. The van der Waals surface area contributed by atoms with E-state index in [2.05, 4.69) is 15.6 Å². The lowest BCUT2D eigenvalue weighted by atomic mass is 10.0. The Morgan fingerprint density at radius 1 is 1.05 bits per heavy atom. The number of nitrogens with one attached hydrogen (secondary N) is 3. The van der Waals surface area contributed by atoms with Crippen LogP contribution in [0.4, 0.5) is 0 Å². The van der Waals surface area contributed by atoms with Crippen LogP contribution in [0.2, 0.25) is 0 Å². The normalized spacial score (nSPS) is 17.4. The topological polar surface area (TPSA) is 238 Å². The number of carboxylic acid groups (broad SMARTS) is 2. The summed E-state index contributed by atoms with van der Waals surface area (Å²) >= 11 is 0. The first-order valence-corrected chi connectivity index (χ1v) is 11.9. The second-order valence-electron chi connectivity index (χ2n) is 9.09. The van der Waals surface area contributed by atoms with Crippen LogP contribution in [-0.2, 0) is 35.2 Å². The number of para-hydroxylation sites is 1. The predicted octanol–water partition coefficient (Wildman–Crippen LogP) is -1.57. The number of amides is 4. The van der Waals surface area contributed by atoms with Crippen molar-refractivity contribution in [3.8, 4) is 0 Å². The Morgan fingerprint density at radius 2 is 1.76 bits per heavy atom. The number of carboxylic acids is 2. The van der Waals surface area contributed by atoms with E-state index < -0.39 is 72.6 Å². The standard InChI is InChI=1S/C24H30N6O8/c25-14(9-20(32)33)23(36)30-7-3-6-18(30)22(35)28-16(21(34)29-17(24(37)38)10-19(26)31)8-12-11-27-15-5-2-1-4-13(12)15/h1-2,4-5,11,14,16-18,27H,3,6-10,25H2,(H2,26,31)(H,28,35)(H,29,34)(H,32,33)(H,37,38). The molecule has 0 bridgehead atoms. The Labute approximate surface area is 216 Å². The van der Waals surface area contributed by atoms with Gasteiger partial charge < -0.3 is 42.2 Å². The summed E-state index contributed by atoms with van der Waals surface area (Å²) in [7, 11) is 0. The number of likely N-dealkylation sites (tertiary alicyclic amines) is 1. The van der Waals surface area contributed by atoms with E-state index in [0.717, 1.165) is 10.9 Å². The number of H-pyrrole nitrogens is 1. The zero-order chi connectivity index (χ0) is 28.0. The highest BCUT2D eigenvalue weighted by Crippen LogP contribution is 2.21. The molecule has 1 aliphatic rings. The van der Waals surface area contributed by atoms with Crippen LogP contribution in [0.1, 0.15) is 31.2 Å².